The third kappa shape index (κ3) is 3.56. The molecule has 2 N–H and O–H groups in total. The van der Waals surface area contributed by atoms with Gasteiger partial charge in [-0.25, -0.2) is 0 Å². The van der Waals surface area contributed by atoms with Crippen LogP contribution in [0.3, 0.4) is 0 Å². The minimum atomic E-state index is 0.137. The van der Waals surface area contributed by atoms with Crippen LogP contribution in [0.1, 0.15) is 25.7 Å². The quantitative estimate of drug-likeness (QED) is 0.613. The van der Waals surface area contributed by atoms with Crippen molar-refractivity contribution in [1.29, 1.82) is 0 Å². The van der Waals surface area contributed by atoms with E-state index in [1.807, 2.05) is 4.90 Å². The number of rotatable bonds is 1. The second kappa shape index (κ2) is 5.50. The normalized spacial score (nSPS) is 25.1. The van der Waals surface area contributed by atoms with Gasteiger partial charge in [0.15, 0.2) is 0 Å². The second-order valence-corrected chi connectivity index (χ2v) is 3.90. The third-order valence-electron chi connectivity index (χ3n) is 2.51. The SMILES string of the molecule is NC1CCCCN(C(=O)CS)CC1. The van der Waals surface area contributed by atoms with Crippen LogP contribution in [0.4, 0.5) is 0 Å². The van der Waals surface area contributed by atoms with Crippen LogP contribution in [-0.4, -0.2) is 35.7 Å². The van der Waals surface area contributed by atoms with Gasteiger partial charge in [-0.3, -0.25) is 4.79 Å². The standard InChI is InChI=1S/C9H18N2OS/c10-8-3-1-2-5-11(6-4-8)9(12)7-13/h8,13H,1-7,10H2. The molecule has 0 radical (unpaired) electrons. The van der Waals surface area contributed by atoms with E-state index in [0.717, 1.165) is 38.8 Å². The van der Waals surface area contributed by atoms with Gasteiger partial charge in [0.25, 0.3) is 0 Å². The largest absolute Gasteiger partial charge is 0.342 e. The molecule has 13 heavy (non-hydrogen) atoms. The zero-order valence-corrected chi connectivity index (χ0v) is 8.80. The van der Waals surface area contributed by atoms with Gasteiger partial charge in [0, 0.05) is 19.1 Å². The number of likely N-dealkylation sites (tertiary alicyclic amines) is 1. The van der Waals surface area contributed by atoms with E-state index in [2.05, 4.69) is 12.6 Å². The van der Waals surface area contributed by atoms with Gasteiger partial charge in [-0.1, -0.05) is 6.42 Å². The summed E-state index contributed by atoms with van der Waals surface area (Å²) in [5.74, 6) is 0.451. The molecule has 1 unspecified atom stereocenters. The van der Waals surface area contributed by atoms with Gasteiger partial charge in [0.1, 0.15) is 0 Å². The number of nitrogens with zero attached hydrogens (tertiary/aromatic N) is 1. The Balaban J connectivity index is 2.40. The summed E-state index contributed by atoms with van der Waals surface area (Å²) >= 11 is 3.99. The van der Waals surface area contributed by atoms with Crippen LogP contribution < -0.4 is 5.73 Å². The van der Waals surface area contributed by atoms with E-state index in [-0.39, 0.29) is 11.9 Å². The fourth-order valence-electron chi connectivity index (χ4n) is 1.64. The fraction of sp³-hybridized carbons (Fsp3) is 0.889. The average molecular weight is 202 g/mol. The summed E-state index contributed by atoms with van der Waals surface area (Å²) in [6.07, 6.45) is 4.24. The Kier molecular flexibility index (Phi) is 4.59. The zero-order valence-electron chi connectivity index (χ0n) is 7.91. The van der Waals surface area contributed by atoms with Crippen molar-refractivity contribution in [2.24, 2.45) is 5.73 Å². The van der Waals surface area contributed by atoms with E-state index in [1.54, 1.807) is 0 Å². The molecule has 3 nitrogen and oxygen atoms in total. The average Bonchev–Trinajstić information content (AvgIpc) is 2.11. The van der Waals surface area contributed by atoms with Crippen LogP contribution in [0.2, 0.25) is 0 Å². The Morgan fingerprint density at radius 2 is 2.15 bits per heavy atom. The topological polar surface area (TPSA) is 46.3 Å². The van der Waals surface area contributed by atoms with Gasteiger partial charge in [0.05, 0.1) is 5.75 Å². The van der Waals surface area contributed by atoms with Crippen LogP contribution in [0.15, 0.2) is 0 Å². The summed E-state index contributed by atoms with van der Waals surface area (Å²) in [6.45, 7) is 1.69. The molecule has 0 aliphatic carbocycles. The third-order valence-corrected chi connectivity index (χ3v) is 2.78. The number of hydrogen-bond donors (Lipinski definition) is 2. The lowest BCUT2D eigenvalue weighted by atomic mass is 10.0. The van der Waals surface area contributed by atoms with Crippen molar-refractivity contribution in [3.05, 3.63) is 0 Å². The molecule has 1 rings (SSSR count). The highest BCUT2D eigenvalue weighted by molar-refractivity contribution is 7.81. The minimum Gasteiger partial charge on any atom is -0.342 e. The predicted octanol–water partition coefficient (Wildman–Crippen LogP) is 0.646. The molecule has 76 valence electrons. The number of hydrogen-bond acceptors (Lipinski definition) is 3. The first kappa shape index (κ1) is 10.9. The highest BCUT2D eigenvalue weighted by Gasteiger charge is 2.15. The Bertz CT molecular complexity index is 175. The lowest BCUT2D eigenvalue weighted by molar-refractivity contribution is -0.128. The van der Waals surface area contributed by atoms with E-state index < -0.39 is 0 Å². The van der Waals surface area contributed by atoms with Crippen molar-refractivity contribution in [1.82, 2.24) is 4.90 Å². The van der Waals surface area contributed by atoms with E-state index in [0.29, 0.717) is 5.75 Å². The molecule has 1 atom stereocenters. The van der Waals surface area contributed by atoms with Crippen LogP contribution in [0.5, 0.6) is 0 Å². The van der Waals surface area contributed by atoms with Crippen molar-refractivity contribution >= 4 is 18.5 Å². The highest BCUT2D eigenvalue weighted by atomic mass is 32.1. The van der Waals surface area contributed by atoms with Crippen molar-refractivity contribution in [2.75, 3.05) is 18.8 Å². The molecule has 1 aliphatic heterocycles. The summed E-state index contributed by atoms with van der Waals surface area (Å²) in [6, 6.07) is 0.274. The van der Waals surface area contributed by atoms with Crippen LogP contribution in [-0.2, 0) is 4.79 Å². The van der Waals surface area contributed by atoms with Crippen LogP contribution in [0, 0.1) is 0 Å². The maximum Gasteiger partial charge on any atom is 0.232 e. The fourth-order valence-corrected chi connectivity index (χ4v) is 1.84. The maximum atomic E-state index is 11.3. The van der Waals surface area contributed by atoms with E-state index in [9.17, 15) is 4.79 Å². The lowest BCUT2D eigenvalue weighted by Gasteiger charge is -2.26. The molecule has 4 heteroatoms. The van der Waals surface area contributed by atoms with E-state index in [4.69, 9.17) is 5.73 Å². The predicted molar refractivity (Wildman–Crippen MR) is 56.9 cm³/mol. The minimum absolute atomic E-state index is 0.137. The molecule has 0 bridgehead atoms. The van der Waals surface area contributed by atoms with E-state index >= 15 is 0 Å². The summed E-state index contributed by atoms with van der Waals surface area (Å²) in [4.78, 5) is 13.2. The number of thiol groups is 1. The van der Waals surface area contributed by atoms with Gasteiger partial charge >= 0.3 is 0 Å². The highest BCUT2D eigenvalue weighted by Crippen LogP contribution is 2.10. The molecule has 1 fully saturated rings. The Hall–Kier alpha value is -0.220. The molecule has 1 saturated heterocycles. The molecule has 0 aromatic heterocycles. The number of amides is 1. The maximum absolute atomic E-state index is 11.3. The summed E-state index contributed by atoms with van der Waals surface area (Å²) in [7, 11) is 0. The summed E-state index contributed by atoms with van der Waals surface area (Å²) in [5, 5.41) is 0. The zero-order chi connectivity index (χ0) is 9.68. The van der Waals surface area contributed by atoms with Gasteiger partial charge in [-0.15, -0.1) is 0 Å². The Morgan fingerprint density at radius 1 is 1.38 bits per heavy atom. The molecule has 1 heterocycles. The molecule has 1 amide bonds. The number of nitrogens with two attached hydrogens (primary N) is 1. The molecule has 0 aromatic carbocycles. The van der Waals surface area contributed by atoms with Crippen molar-refractivity contribution < 1.29 is 4.79 Å². The van der Waals surface area contributed by atoms with Gasteiger partial charge < -0.3 is 10.6 Å². The Labute approximate surface area is 85.1 Å². The van der Waals surface area contributed by atoms with Gasteiger partial charge in [-0.2, -0.15) is 12.6 Å². The molecular formula is C9H18N2OS. The van der Waals surface area contributed by atoms with Crippen molar-refractivity contribution in [3.63, 3.8) is 0 Å². The number of carbonyl (C=O) groups is 1. The van der Waals surface area contributed by atoms with Crippen LogP contribution in [0.25, 0.3) is 0 Å². The van der Waals surface area contributed by atoms with Gasteiger partial charge in [-0.05, 0) is 19.3 Å². The molecular weight excluding hydrogens is 184 g/mol. The number of carbonyl (C=O) groups excluding carboxylic acids is 1. The molecule has 0 aromatic rings. The molecule has 0 saturated carbocycles. The first-order valence-corrected chi connectivity index (χ1v) is 5.51. The second-order valence-electron chi connectivity index (χ2n) is 3.58. The first-order chi connectivity index (χ1) is 6.24. The van der Waals surface area contributed by atoms with E-state index in [1.165, 1.54) is 0 Å². The lowest BCUT2D eigenvalue weighted by Crippen LogP contribution is -2.38. The van der Waals surface area contributed by atoms with Gasteiger partial charge in [0.2, 0.25) is 5.91 Å². The smallest absolute Gasteiger partial charge is 0.232 e. The van der Waals surface area contributed by atoms with Crippen molar-refractivity contribution in [2.45, 2.75) is 31.7 Å². The van der Waals surface area contributed by atoms with Crippen molar-refractivity contribution in [3.8, 4) is 0 Å². The molecule has 1 aliphatic rings. The summed E-state index contributed by atoms with van der Waals surface area (Å²) in [5.41, 5.74) is 5.85. The molecule has 0 spiro atoms. The van der Waals surface area contributed by atoms with Crippen LogP contribution >= 0.6 is 12.6 Å². The first-order valence-electron chi connectivity index (χ1n) is 4.88. The Morgan fingerprint density at radius 3 is 2.85 bits per heavy atom. The summed E-state index contributed by atoms with van der Waals surface area (Å²) < 4.78 is 0. The monoisotopic (exact) mass is 202 g/mol.